The fourth-order valence-electron chi connectivity index (χ4n) is 2.58. The Morgan fingerprint density at radius 1 is 1.10 bits per heavy atom. The molecule has 0 aliphatic carbocycles. The zero-order chi connectivity index (χ0) is 22.3. The molecule has 0 spiro atoms. The summed E-state index contributed by atoms with van der Waals surface area (Å²) in [6, 6.07) is 11.2. The number of rotatable bonds is 7. The van der Waals surface area contributed by atoms with Gasteiger partial charge in [-0.15, -0.1) is 0 Å². The highest BCUT2D eigenvalue weighted by Gasteiger charge is 2.16. The van der Waals surface area contributed by atoms with E-state index in [1.54, 1.807) is 57.3 Å². The third kappa shape index (κ3) is 7.16. The Kier molecular flexibility index (Phi) is 7.47. The maximum atomic E-state index is 14.1. The van der Waals surface area contributed by atoms with Crippen LogP contribution in [0.2, 0.25) is 0 Å². The largest absolute Gasteiger partial charge is 0.444 e. The minimum absolute atomic E-state index is 0.0236. The van der Waals surface area contributed by atoms with E-state index >= 15 is 0 Å². The van der Waals surface area contributed by atoms with Gasteiger partial charge in [-0.3, -0.25) is 4.79 Å². The lowest BCUT2D eigenvalue weighted by Crippen LogP contribution is -2.32. The molecule has 7 heteroatoms. The quantitative estimate of drug-likeness (QED) is 0.434. The number of hydrogen-bond acceptors (Lipinski definition) is 5. The van der Waals surface area contributed by atoms with Crippen LogP contribution in [0.15, 0.2) is 48.7 Å². The van der Waals surface area contributed by atoms with Gasteiger partial charge >= 0.3 is 6.09 Å². The first kappa shape index (κ1) is 22.8. The van der Waals surface area contributed by atoms with Gasteiger partial charge < -0.3 is 20.8 Å². The summed E-state index contributed by atoms with van der Waals surface area (Å²) in [5, 5.41) is 13.3. The van der Waals surface area contributed by atoms with Crippen LogP contribution in [0.4, 0.5) is 14.9 Å². The van der Waals surface area contributed by atoms with Crippen molar-refractivity contribution in [2.24, 2.45) is 0 Å². The van der Waals surface area contributed by atoms with Gasteiger partial charge in [-0.25, -0.2) is 9.18 Å². The van der Waals surface area contributed by atoms with Crippen molar-refractivity contribution in [3.05, 3.63) is 71.2 Å². The number of alkyl carbamates (subject to hydrolysis) is 1. The summed E-state index contributed by atoms with van der Waals surface area (Å²) >= 11 is 0. The van der Waals surface area contributed by atoms with E-state index in [-0.39, 0.29) is 12.3 Å². The molecule has 2 aromatic carbocycles. The van der Waals surface area contributed by atoms with Crippen molar-refractivity contribution in [3.63, 3.8) is 0 Å². The van der Waals surface area contributed by atoms with E-state index in [0.717, 1.165) is 11.9 Å². The Labute approximate surface area is 175 Å². The van der Waals surface area contributed by atoms with Crippen LogP contribution in [0.25, 0.3) is 5.57 Å². The summed E-state index contributed by atoms with van der Waals surface area (Å²) in [6.45, 7) is 6.86. The minimum Gasteiger partial charge on any atom is -0.444 e. The molecule has 0 bridgehead atoms. The number of halogens is 1. The van der Waals surface area contributed by atoms with Gasteiger partial charge in [0.25, 0.3) is 0 Å². The van der Waals surface area contributed by atoms with E-state index in [9.17, 15) is 14.0 Å². The summed E-state index contributed by atoms with van der Waals surface area (Å²) in [6.07, 6.45) is 2.10. The predicted molar refractivity (Wildman–Crippen MR) is 116 cm³/mol. The summed E-state index contributed by atoms with van der Waals surface area (Å²) in [7, 11) is 0. The number of ether oxygens (including phenoxy) is 1. The smallest absolute Gasteiger partial charge is 0.407 e. The maximum Gasteiger partial charge on any atom is 0.407 e. The number of anilines is 1. The zero-order valence-electron chi connectivity index (χ0n) is 17.5. The summed E-state index contributed by atoms with van der Waals surface area (Å²) in [5.41, 5.74) is 2.17. The molecule has 3 N–H and O–H groups in total. The SMILES string of the molecule is CC(=O)c1ccc(N/C=C(\C=N)c2cc(F)cc(CNC(=O)OC(C)(C)C)c2)cc1. The second-order valence-corrected chi connectivity index (χ2v) is 7.73. The van der Waals surface area contributed by atoms with E-state index in [2.05, 4.69) is 10.6 Å². The second-order valence-electron chi connectivity index (χ2n) is 7.73. The average Bonchev–Trinajstić information content (AvgIpc) is 2.65. The first-order chi connectivity index (χ1) is 14.1. The molecule has 1 amide bonds. The minimum atomic E-state index is -0.623. The van der Waals surface area contributed by atoms with Crippen LogP contribution in [-0.2, 0) is 11.3 Å². The third-order valence-electron chi connectivity index (χ3n) is 3.97. The number of Topliss-reactive ketones (excluding diaryl/α,β-unsaturated/α-hetero) is 1. The lowest BCUT2D eigenvalue weighted by molar-refractivity contribution is 0.0523. The van der Waals surface area contributed by atoms with E-state index in [1.807, 2.05) is 0 Å². The molecule has 6 nitrogen and oxygen atoms in total. The fraction of sp³-hybridized carbons (Fsp3) is 0.261. The molecule has 158 valence electrons. The molecule has 0 aliphatic heterocycles. The topological polar surface area (TPSA) is 91.3 Å². The van der Waals surface area contributed by atoms with Gasteiger partial charge in [-0.1, -0.05) is 0 Å². The lowest BCUT2D eigenvalue weighted by atomic mass is 10.0. The van der Waals surface area contributed by atoms with Crippen molar-refractivity contribution in [2.45, 2.75) is 39.8 Å². The molecule has 0 fully saturated rings. The number of benzene rings is 2. The van der Waals surface area contributed by atoms with Crippen molar-refractivity contribution >= 4 is 29.4 Å². The molecule has 0 aromatic heterocycles. The Balaban J connectivity index is 2.13. The van der Waals surface area contributed by atoms with Gasteiger partial charge in [0.2, 0.25) is 0 Å². The molecular formula is C23H26FN3O3. The van der Waals surface area contributed by atoms with Gasteiger partial charge in [0.15, 0.2) is 5.78 Å². The van der Waals surface area contributed by atoms with Crippen LogP contribution >= 0.6 is 0 Å². The van der Waals surface area contributed by atoms with E-state index in [0.29, 0.717) is 22.3 Å². The molecule has 2 aromatic rings. The highest BCUT2D eigenvalue weighted by atomic mass is 19.1. The molecule has 0 saturated carbocycles. The summed E-state index contributed by atoms with van der Waals surface area (Å²) in [5.74, 6) is -0.503. The van der Waals surface area contributed by atoms with Crippen LogP contribution in [0.1, 0.15) is 49.2 Å². The van der Waals surface area contributed by atoms with E-state index in [4.69, 9.17) is 10.1 Å². The Hall–Kier alpha value is -3.48. The van der Waals surface area contributed by atoms with Crippen LogP contribution in [-0.4, -0.2) is 23.7 Å². The molecular weight excluding hydrogens is 385 g/mol. The standard InChI is InChI=1S/C23H26FN3O3/c1-15(28)17-5-7-21(8-6-17)26-14-19(12-25)18-9-16(10-20(24)11-18)13-27-22(29)30-23(2,3)4/h5-12,14,25-26H,13H2,1-4H3,(H,27,29)/b19-14+,25-12?. The average molecular weight is 411 g/mol. The fourth-order valence-corrected chi connectivity index (χ4v) is 2.58. The normalized spacial score (nSPS) is 11.6. The summed E-state index contributed by atoms with van der Waals surface area (Å²) in [4.78, 5) is 23.2. The molecule has 0 saturated heterocycles. The molecule has 0 atom stereocenters. The van der Waals surface area contributed by atoms with Crippen LogP contribution in [0.5, 0.6) is 0 Å². The predicted octanol–water partition coefficient (Wildman–Crippen LogP) is 5.16. The third-order valence-corrected chi connectivity index (χ3v) is 3.97. The number of carbonyl (C=O) groups excluding carboxylic acids is 2. The zero-order valence-corrected chi connectivity index (χ0v) is 17.5. The highest BCUT2D eigenvalue weighted by molar-refractivity contribution is 6.08. The number of amides is 1. The first-order valence-electron chi connectivity index (χ1n) is 9.42. The number of ketones is 1. The molecule has 2 rings (SSSR count). The maximum absolute atomic E-state index is 14.1. The van der Waals surface area contributed by atoms with Crippen molar-refractivity contribution in [3.8, 4) is 0 Å². The number of allylic oxidation sites excluding steroid dienone is 1. The van der Waals surface area contributed by atoms with Gasteiger partial charge in [-0.05, 0) is 81.3 Å². The molecule has 0 aliphatic rings. The van der Waals surface area contributed by atoms with Crippen LogP contribution in [0, 0.1) is 11.2 Å². The highest BCUT2D eigenvalue weighted by Crippen LogP contribution is 2.18. The molecule has 0 heterocycles. The van der Waals surface area contributed by atoms with Crippen molar-refractivity contribution in [2.75, 3.05) is 5.32 Å². The van der Waals surface area contributed by atoms with Crippen LogP contribution in [0.3, 0.4) is 0 Å². The number of carbonyl (C=O) groups is 2. The molecule has 0 radical (unpaired) electrons. The lowest BCUT2D eigenvalue weighted by Gasteiger charge is -2.19. The van der Waals surface area contributed by atoms with Gasteiger partial charge in [0.1, 0.15) is 11.4 Å². The number of hydrogen-bond donors (Lipinski definition) is 3. The van der Waals surface area contributed by atoms with E-state index < -0.39 is 17.5 Å². The molecule has 30 heavy (non-hydrogen) atoms. The monoisotopic (exact) mass is 411 g/mol. The van der Waals surface area contributed by atoms with Gasteiger partial charge in [-0.2, -0.15) is 0 Å². The number of nitrogens with one attached hydrogen (secondary N) is 3. The Bertz CT molecular complexity index is 961. The second kappa shape index (κ2) is 9.82. The summed E-state index contributed by atoms with van der Waals surface area (Å²) < 4.78 is 19.3. The van der Waals surface area contributed by atoms with Crippen LogP contribution < -0.4 is 10.6 Å². The van der Waals surface area contributed by atoms with E-state index in [1.165, 1.54) is 19.1 Å². The van der Waals surface area contributed by atoms with Gasteiger partial charge in [0, 0.05) is 35.8 Å². The van der Waals surface area contributed by atoms with Crippen molar-refractivity contribution in [1.82, 2.24) is 5.32 Å². The Morgan fingerprint density at radius 3 is 2.33 bits per heavy atom. The van der Waals surface area contributed by atoms with Gasteiger partial charge in [0.05, 0.1) is 0 Å². The van der Waals surface area contributed by atoms with Crippen molar-refractivity contribution < 1.29 is 18.7 Å². The molecule has 0 unspecified atom stereocenters. The Morgan fingerprint density at radius 2 is 1.77 bits per heavy atom. The first-order valence-corrected chi connectivity index (χ1v) is 9.42. The van der Waals surface area contributed by atoms with Crippen molar-refractivity contribution in [1.29, 1.82) is 5.41 Å².